The molecule has 0 spiro atoms. The maximum atomic E-state index is 11.9. The maximum Gasteiger partial charge on any atom is 0.323 e. The lowest BCUT2D eigenvalue weighted by molar-refractivity contribution is 0.262. The molecule has 0 saturated heterocycles. The van der Waals surface area contributed by atoms with E-state index in [0.717, 1.165) is 11.3 Å². The van der Waals surface area contributed by atoms with Crippen molar-refractivity contribution in [2.45, 2.75) is 6.92 Å². The van der Waals surface area contributed by atoms with Gasteiger partial charge in [0.1, 0.15) is 11.8 Å². The molecule has 0 aliphatic heterocycles. The average Bonchev–Trinajstić information content (AvgIpc) is 2.46. The van der Waals surface area contributed by atoms with E-state index in [1.54, 1.807) is 24.3 Å². The van der Waals surface area contributed by atoms with Crippen LogP contribution in [0.1, 0.15) is 5.56 Å². The van der Waals surface area contributed by atoms with Gasteiger partial charge in [0.05, 0.1) is 0 Å². The molecular formula is C16H15N3O2. The van der Waals surface area contributed by atoms with Gasteiger partial charge in [0.15, 0.2) is 6.61 Å². The molecule has 0 aliphatic rings. The lowest BCUT2D eigenvalue weighted by Crippen LogP contribution is -2.19. The van der Waals surface area contributed by atoms with Gasteiger partial charge in [-0.3, -0.25) is 0 Å². The molecule has 2 aromatic rings. The molecule has 0 heterocycles. The Balaban J connectivity index is 1.92. The van der Waals surface area contributed by atoms with Gasteiger partial charge < -0.3 is 15.4 Å². The SMILES string of the molecule is Cc1cccc(NC(=O)Nc2ccc(OCC#N)cc2)c1. The number of amides is 2. The molecule has 2 rings (SSSR count). The average molecular weight is 281 g/mol. The van der Waals surface area contributed by atoms with Crippen LogP contribution in [-0.2, 0) is 0 Å². The van der Waals surface area contributed by atoms with Crippen LogP contribution in [-0.4, -0.2) is 12.6 Å². The predicted molar refractivity (Wildman–Crippen MR) is 81.4 cm³/mol. The van der Waals surface area contributed by atoms with Crippen molar-refractivity contribution < 1.29 is 9.53 Å². The monoisotopic (exact) mass is 281 g/mol. The zero-order valence-corrected chi connectivity index (χ0v) is 11.6. The molecular weight excluding hydrogens is 266 g/mol. The third kappa shape index (κ3) is 4.55. The van der Waals surface area contributed by atoms with Gasteiger partial charge in [-0.2, -0.15) is 5.26 Å². The summed E-state index contributed by atoms with van der Waals surface area (Å²) in [5, 5.41) is 13.9. The van der Waals surface area contributed by atoms with Crippen molar-refractivity contribution in [1.29, 1.82) is 5.26 Å². The van der Waals surface area contributed by atoms with E-state index in [0.29, 0.717) is 11.4 Å². The summed E-state index contributed by atoms with van der Waals surface area (Å²) in [6.45, 7) is 1.96. The lowest BCUT2D eigenvalue weighted by Gasteiger charge is -2.09. The normalized spacial score (nSPS) is 9.52. The number of nitrogens with one attached hydrogen (secondary N) is 2. The molecule has 0 aromatic heterocycles. The molecule has 106 valence electrons. The van der Waals surface area contributed by atoms with Gasteiger partial charge in [0, 0.05) is 11.4 Å². The molecule has 0 radical (unpaired) electrons. The number of hydrogen-bond donors (Lipinski definition) is 2. The topological polar surface area (TPSA) is 74.2 Å². The Morgan fingerprint density at radius 2 is 1.86 bits per heavy atom. The molecule has 0 unspecified atom stereocenters. The Kier molecular flexibility index (Phi) is 4.78. The fraction of sp³-hybridized carbons (Fsp3) is 0.125. The zero-order valence-electron chi connectivity index (χ0n) is 11.6. The summed E-state index contributed by atoms with van der Waals surface area (Å²) < 4.78 is 5.13. The third-order valence-corrected chi connectivity index (χ3v) is 2.69. The van der Waals surface area contributed by atoms with Gasteiger partial charge in [0.25, 0.3) is 0 Å². The number of nitriles is 1. The summed E-state index contributed by atoms with van der Waals surface area (Å²) in [6.07, 6.45) is 0. The molecule has 5 nitrogen and oxygen atoms in total. The molecule has 0 bridgehead atoms. The molecule has 2 amide bonds. The van der Waals surface area contributed by atoms with Gasteiger partial charge in [-0.25, -0.2) is 4.79 Å². The minimum Gasteiger partial charge on any atom is -0.479 e. The number of nitrogens with zero attached hydrogens (tertiary/aromatic N) is 1. The Morgan fingerprint density at radius 1 is 1.14 bits per heavy atom. The van der Waals surface area contributed by atoms with Crippen LogP contribution in [0.2, 0.25) is 0 Å². The van der Waals surface area contributed by atoms with Crippen LogP contribution in [0.5, 0.6) is 5.75 Å². The molecule has 0 aliphatic carbocycles. The van der Waals surface area contributed by atoms with Crippen molar-refractivity contribution in [3.05, 3.63) is 54.1 Å². The predicted octanol–water partition coefficient (Wildman–Crippen LogP) is 3.54. The van der Waals surface area contributed by atoms with Crippen LogP contribution < -0.4 is 15.4 Å². The summed E-state index contributed by atoms with van der Waals surface area (Å²) in [5.74, 6) is 0.584. The molecule has 0 saturated carbocycles. The van der Waals surface area contributed by atoms with E-state index in [2.05, 4.69) is 10.6 Å². The number of anilines is 2. The fourth-order valence-corrected chi connectivity index (χ4v) is 1.77. The lowest BCUT2D eigenvalue weighted by atomic mass is 10.2. The number of urea groups is 1. The number of aryl methyl sites for hydroxylation is 1. The second-order valence-electron chi connectivity index (χ2n) is 4.42. The van der Waals surface area contributed by atoms with Crippen molar-refractivity contribution in [2.75, 3.05) is 17.2 Å². The molecule has 2 N–H and O–H groups in total. The molecule has 0 atom stereocenters. The molecule has 0 fully saturated rings. The highest BCUT2D eigenvalue weighted by molar-refractivity contribution is 5.99. The zero-order chi connectivity index (χ0) is 15.1. The summed E-state index contributed by atoms with van der Waals surface area (Å²) >= 11 is 0. The van der Waals surface area contributed by atoms with Gasteiger partial charge >= 0.3 is 6.03 Å². The Labute approximate surface area is 123 Å². The summed E-state index contributed by atoms with van der Waals surface area (Å²) in [4.78, 5) is 11.9. The van der Waals surface area contributed by atoms with Crippen molar-refractivity contribution in [2.24, 2.45) is 0 Å². The third-order valence-electron chi connectivity index (χ3n) is 2.69. The van der Waals surface area contributed by atoms with Crippen molar-refractivity contribution in [1.82, 2.24) is 0 Å². The Bertz CT molecular complexity index is 660. The highest BCUT2D eigenvalue weighted by atomic mass is 16.5. The first-order valence-electron chi connectivity index (χ1n) is 6.42. The van der Waals surface area contributed by atoms with Gasteiger partial charge in [0.2, 0.25) is 0 Å². The summed E-state index contributed by atoms with van der Waals surface area (Å²) in [5.41, 5.74) is 2.46. The van der Waals surface area contributed by atoms with E-state index in [1.165, 1.54) is 0 Å². The van der Waals surface area contributed by atoms with Crippen LogP contribution in [0.25, 0.3) is 0 Å². The quantitative estimate of drug-likeness (QED) is 0.900. The first-order valence-corrected chi connectivity index (χ1v) is 6.42. The highest BCUT2D eigenvalue weighted by Gasteiger charge is 2.03. The minimum absolute atomic E-state index is 0.000615. The smallest absolute Gasteiger partial charge is 0.323 e. The second-order valence-corrected chi connectivity index (χ2v) is 4.42. The van der Waals surface area contributed by atoms with Gasteiger partial charge in [-0.05, 0) is 48.9 Å². The van der Waals surface area contributed by atoms with Gasteiger partial charge in [-0.1, -0.05) is 12.1 Å². The van der Waals surface area contributed by atoms with Crippen LogP contribution in [0.15, 0.2) is 48.5 Å². The van der Waals surface area contributed by atoms with Crippen LogP contribution in [0.4, 0.5) is 16.2 Å². The Hall–Kier alpha value is -3.00. The second kappa shape index (κ2) is 6.96. The summed E-state index contributed by atoms with van der Waals surface area (Å²) in [6, 6.07) is 15.9. The largest absolute Gasteiger partial charge is 0.479 e. The number of benzene rings is 2. The molecule has 2 aromatic carbocycles. The van der Waals surface area contributed by atoms with E-state index in [-0.39, 0.29) is 12.6 Å². The first kappa shape index (κ1) is 14.4. The van der Waals surface area contributed by atoms with Crippen molar-refractivity contribution in [3.8, 4) is 11.8 Å². The van der Waals surface area contributed by atoms with Crippen LogP contribution in [0, 0.1) is 18.3 Å². The molecule has 21 heavy (non-hydrogen) atoms. The minimum atomic E-state index is -0.314. The van der Waals surface area contributed by atoms with E-state index in [9.17, 15) is 4.79 Å². The van der Waals surface area contributed by atoms with Crippen molar-refractivity contribution in [3.63, 3.8) is 0 Å². The van der Waals surface area contributed by atoms with E-state index < -0.39 is 0 Å². The molecule has 5 heteroatoms. The maximum absolute atomic E-state index is 11.9. The first-order chi connectivity index (χ1) is 10.2. The fourth-order valence-electron chi connectivity index (χ4n) is 1.77. The van der Waals surface area contributed by atoms with Gasteiger partial charge in [-0.15, -0.1) is 0 Å². The van der Waals surface area contributed by atoms with Crippen molar-refractivity contribution >= 4 is 17.4 Å². The highest BCUT2D eigenvalue weighted by Crippen LogP contribution is 2.16. The Morgan fingerprint density at radius 3 is 2.52 bits per heavy atom. The number of rotatable bonds is 4. The number of carbonyl (C=O) groups excluding carboxylic acids is 1. The van der Waals surface area contributed by atoms with Crippen LogP contribution in [0.3, 0.4) is 0 Å². The van der Waals surface area contributed by atoms with E-state index in [4.69, 9.17) is 10.00 Å². The van der Waals surface area contributed by atoms with Crippen LogP contribution >= 0.6 is 0 Å². The van der Waals surface area contributed by atoms with E-state index in [1.807, 2.05) is 37.3 Å². The number of carbonyl (C=O) groups is 1. The summed E-state index contributed by atoms with van der Waals surface area (Å²) in [7, 11) is 0. The number of ether oxygens (including phenoxy) is 1. The van der Waals surface area contributed by atoms with E-state index >= 15 is 0 Å². The number of hydrogen-bond acceptors (Lipinski definition) is 3. The standard InChI is InChI=1S/C16H15N3O2/c1-12-3-2-4-14(11-12)19-16(20)18-13-5-7-15(8-6-13)21-10-9-17/h2-8,11H,10H2,1H3,(H2,18,19,20).